The SMILES string of the molecule is C/C(=C\C(=O)O)c1ccc(Cc2cccnc2)c(C)c1. The van der Waals surface area contributed by atoms with Gasteiger partial charge in [0.2, 0.25) is 0 Å². The van der Waals surface area contributed by atoms with Gasteiger partial charge in [0.25, 0.3) is 0 Å². The molecule has 1 aromatic heterocycles. The van der Waals surface area contributed by atoms with Crippen molar-refractivity contribution in [2.24, 2.45) is 0 Å². The number of allylic oxidation sites excluding steroid dienone is 1. The minimum absolute atomic E-state index is 0.758. The molecule has 0 amide bonds. The van der Waals surface area contributed by atoms with E-state index >= 15 is 0 Å². The molecule has 2 aromatic rings. The Balaban J connectivity index is 2.24. The molecule has 0 aliphatic heterocycles. The summed E-state index contributed by atoms with van der Waals surface area (Å²) >= 11 is 0. The highest BCUT2D eigenvalue weighted by molar-refractivity contribution is 5.89. The zero-order valence-corrected chi connectivity index (χ0v) is 11.6. The smallest absolute Gasteiger partial charge is 0.328 e. The number of hydrogen-bond donors (Lipinski definition) is 1. The topological polar surface area (TPSA) is 50.2 Å². The van der Waals surface area contributed by atoms with Gasteiger partial charge in [-0.3, -0.25) is 4.98 Å². The Hall–Kier alpha value is -2.42. The normalized spacial score (nSPS) is 11.4. The molecule has 1 N–H and O–H groups in total. The number of aliphatic carboxylic acids is 1. The number of carboxylic acid groups (broad SMARTS) is 1. The Morgan fingerprint density at radius 3 is 2.75 bits per heavy atom. The quantitative estimate of drug-likeness (QED) is 0.863. The van der Waals surface area contributed by atoms with Crippen LogP contribution in [0.5, 0.6) is 0 Å². The van der Waals surface area contributed by atoms with Crippen molar-refractivity contribution in [3.63, 3.8) is 0 Å². The van der Waals surface area contributed by atoms with Crippen LogP contribution in [0.2, 0.25) is 0 Å². The van der Waals surface area contributed by atoms with E-state index in [1.54, 1.807) is 6.20 Å². The van der Waals surface area contributed by atoms with Crippen molar-refractivity contribution in [2.75, 3.05) is 0 Å². The number of rotatable bonds is 4. The van der Waals surface area contributed by atoms with E-state index < -0.39 is 5.97 Å². The molecule has 0 aliphatic carbocycles. The highest BCUT2D eigenvalue weighted by Crippen LogP contribution is 2.20. The summed E-state index contributed by atoms with van der Waals surface area (Å²) < 4.78 is 0. The van der Waals surface area contributed by atoms with E-state index in [1.807, 2.05) is 38.2 Å². The first-order valence-corrected chi connectivity index (χ1v) is 6.46. The average Bonchev–Trinajstić information content (AvgIpc) is 2.41. The third-order valence-corrected chi connectivity index (χ3v) is 3.26. The first-order valence-electron chi connectivity index (χ1n) is 6.46. The summed E-state index contributed by atoms with van der Waals surface area (Å²) in [6, 6.07) is 10.0. The summed E-state index contributed by atoms with van der Waals surface area (Å²) in [5, 5.41) is 8.78. The van der Waals surface area contributed by atoms with Crippen LogP contribution < -0.4 is 0 Å². The molecule has 0 atom stereocenters. The van der Waals surface area contributed by atoms with Gasteiger partial charge in [0.1, 0.15) is 0 Å². The molecule has 0 saturated heterocycles. The van der Waals surface area contributed by atoms with Gasteiger partial charge >= 0.3 is 5.97 Å². The summed E-state index contributed by atoms with van der Waals surface area (Å²) in [6.07, 6.45) is 5.69. The predicted molar refractivity (Wildman–Crippen MR) is 79.5 cm³/mol. The largest absolute Gasteiger partial charge is 0.478 e. The Labute approximate surface area is 118 Å². The van der Waals surface area contributed by atoms with Crippen LogP contribution in [-0.4, -0.2) is 16.1 Å². The average molecular weight is 267 g/mol. The van der Waals surface area contributed by atoms with Gasteiger partial charge in [-0.25, -0.2) is 4.79 Å². The molecule has 0 radical (unpaired) electrons. The molecule has 3 heteroatoms. The van der Waals surface area contributed by atoms with Crippen LogP contribution >= 0.6 is 0 Å². The van der Waals surface area contributed by atoms with Crippen molar-refractivity contribution in [3.8, 4) is 0 Å². The van der Waals surface area contributed by atoms with Crippen LogP contribution in [-0.2, 0) is 11.2 Å². The number of pyridine rings is 1. The van der Waals surface area contributed by atoms with E-state index in [0.717, 1.165) is 23.1 Å². The van der Waals surface area contributed by atoms with Crippen molar-refractivity contribution >= 4 is 11.5 Å². The van der Waals surface area contributed by atoms with Crippen LogP contribution in [0.25, 0.3) is 5.57 Å². The monoisotopic (exact) mass is 267 g/mol. The highest BCUT2D eigenvalue weighted by atomic mass is 16.4. The molecular weight excluding hydrogens is 250 g/mol. The second-order valence-corrected chi connectivity index (χ2v) is 4.84. The summed E-state index contributed by atoms with van der Waals surface area (Å²) in [5.74, 6) is -0.917. The van der Waals surface area contributed by atoms with Gasteiger partial charge in [0.05, 0.1) is 0 Å². The molecule has 1 heterocycles. The highest BCUT2D eigenvalue weighted by Gasteiger charge is 2.04. The van der Waals surface area contributed by atoms with Gasteiger partial charge < -0.3 is 5.11 Å². The van der Waals surface area contributed by atoms with Crippen molar-refractivity contribution in [1.82, 2.24) is 4.98 Å². The number of carbonyl (C=O) groups is 1. The van der Waals surface area contributed by atoms with Crippen LogP contribution in [0.4, 0.5) is 0 Å². The first-order chi connectivity index (χ1) is 9.56. The molecule has 0 aliphatic rings. The molecule has 2 rings (SSSR count). The lowest BCUT2D eigenvalue weighted by Crippen LogP contribution is -1.95. The second-order valence-electron chi connectivity index (χ2n) is 4.84. The van der Waals surface area contributed by atoms with Crippen molar-refractivity contribution in [1.29, 1.82) is 0 Å². The van der Waals surface area contributed by atoms with Gasteiger partial charge in [0, 0.05) is 18.5 Å². The maximum absolute atomic E-state index is 10.7. The Morgan fingerprint density at radius 1 is 1.35 bits per heavy atom. The molecule has 0 bridgehead atoms. The standard InChI is InChI=1S/C17H17NO2/c1-12-8-15(13(2)9-17(19)20)5-6-16(12)10-14-4-3-7-18-11-14/h3-9,11H,10H2,1-2H3,(H,19,20)/b13-9+. The Bertz CT molecular complexity index is 645. The summed E-state index contributed by atoms with van der Waals surface area (Å²) in [6.45, 7) is 3.85. The van der Waals surface area contributed by atoms with E-state index in [2.05, 4.69) is 17.1 Å². The lowest BCUT2D eigenvalue weighted by atomic mass is 9.97. The molecule has 1 aromatic carbocycles. The second kappa shape index (κ2) is 6.15. The maximum atomic E-state index is 10.7. The van der Waals surface area contributed by atoms with Crippen molar-refractivity contribution < 1.29 is 9.90 Å². The summed E-state index contributed by atoms with van der Waals surface area (Å²) in [5.41, 5.74) is 5.25. The molecule has 0 spiro atoms. The summed E-state index contributed by atoms with van der Waals surface area (Å²) in [7, 11) is 0. The number of hydrogen-bond acceptors (Lipinski definition) is 2. The van der Waals surface area contributed by atoms with Crippen LogP contribution in [0, 0.1) is 6.92 Å². The van der Waals surface area contributed by atoms with Gasteiger partial charge in [0.15, 0.2) is 0 Å². The van der Waals surface area contributed by atoms with E-state index in [0.29, 0.717) is 0 Å². The van der Waals surface area contributed by atoms with Gasteiger partial charge in [-0.15, -0.1) is 0 Å². The minimum atomic E-state index is -0.917. The number of nitrogens with zero attached hydrogens (tertiary/aromatic N) is 1. The van der Waals surface area contributed by atoms with Gasteiger partial charge in [-0.1, -0.05) is 24.3 Å². The minimum Gasteiger partial charge on any atom is -0.478 e. The zero-order valence-electron chi connectivity index (χ0n) is 11.6. The summed E-state index contributed by atoms with van der Waals surface area (Å²) in [4.78, 5) is 14.8. The van der Waals surface area contributed by atoms with Crippen molar-refractivity contribution in [2.45, 2.75) is 20.3 Å². The molecule has 0 fully saturated rings. The number of aromatic nitrogens is 1. The van der Waals surface area contributed by atoms with E-state index in [9.17, 15) is 4.79 Å². The third kappa shape index (κ3) is 3.54. The first kappa shape index (κ1) is 14.0. The lowest BCUT2D eigenvalue weighted by molar-refractivity contribution is -0.131. The molecule has 0 unspecified atom stereocenters. The molecule has 102 valence electrons. The molecule has 0 saturated carbocycles. The van der Waals surface area contributed by atoms with E-state index in [1.165, 1.54) is 17.2 Å². The fourth-order valence-corrected chi connectivity index (χ4v) is 2.13. The Morgan fingerprint density at radius 2 is 2.15 bits per heavy atom. The van der Waals surface area contributed by atoms with Gasteiger partial charge in [-0.2, -0.15) is 0 Å². The Kier molecular flexibility index (Phi) is 4.31. The number of aryl methyl sites for hydroxylation is 1. The van der Waals surface area contributed by atoms with Crippen LogP contribution in [0.1, 0.15) is 29.2 Å². The van der Waals surface area contributed by atoms with E-state index in [-0.39, 0.29) is 0 Å². The van der Waals surface area contributed by atoms with Crippen molar-refractivity contribution in [3.05, 3.63) is 71.1 Å². The maximum Gasteiger partial charge on any atom is 0.328 e. The fraction of sp³-hybridized carbons (Fsp3) is 0.176. The van der Waals surface area contributed by atoms with Gasteiger partial charge in [-0.05, 0) is 54.2 Å². The lowest BCUT2D eigenvalue weighted by Gasteiger charge is -2.09. The van der Waals surface area contributed by atoms with Crippen LogP contribution in [0.15, 0.2) is 48.8 Å². The molecular formula is C17H17NO2. The number of benzene rings is 1. The van der Waals surface area contributed by atoms with E-state index in [4.69, 9.17) is 5.11 Å². The molecule has 20 heavy (non-hydrogen) atoms. The zero-order chi connectivity index (χ0) is 14.5. The molecule has 3 nitrogen and oxygen atoms in total. The predicted octanol–water partition coefficient (Wildman–Crippen LogP) is 3.47. The number of carboxylic acids is 1. The van der Waals surface area contributed by atoms with Crippen LogP contribution in [0.3, 0.4) is 0 Å². The third-order valence-electron chi connectivity index (χ3n) is 3.26. The fourth-order valence-electron chi connectivity index (χ4n) is 2.13.